The van der Waals surface area contributed by atoms with Gasteiger partial charge in [-0.1, -0.05) is 17.7 Å². The number of carboxylic acids is 1. The monoisotopic (exact) mass is 313 g/mol. The maximum atomic E-state index is 11.8. The van der Waals surface area contributed by atoms with Crippen molar-refractivity contribution >= 4 is 29.3 Å². The Hall–Kier alpha value is -1.79. The molecule has 116 valence electrons. The van der Waals surface area contributed by atoms with Gasteiger partial charge < -0.3 is 20.6 Å². The van der Waals surface area contributed by atoms with E-state index in [1.807, 2.05) is 7.05 Å². The lowest BCUT2D eigenvalue weighted by Crippen LogP contribution is -2.38. The number of hydrogen-bond acceptors (Lipinski definition) is 3. The highest BCUT2D eigenvalue weighted by Gasteiger charge is 2.16. The number of carbonyl (C=O) groups excluding carboxylic acids is 1. The van der Waals surface area contributed by atoms with Crippen molar-refractivity contribution in [1.82, 2.24) is 10.2 Å². The zero-order valence-electron chi connectivity index (χ0n) is 12.3. The van der Waals surface area contributed by atoms with Crippen molar-refractivity contribution in [3.8, 4) is 0 Å². The summed E-state index contributed by atoms with van der Waals surface area (Å²) in [5.74, 6) is -1.18. The average molecular weight is 314 g/mol. The van der Waals surface area contributed by atoms with Crippen LogP contribution in [-0.4, -0.2) is 48.2 Å². The fourth-order valence-electron chi connectivity index (χ4n) is 1.62. The molecule has 0 heterocycles. The molecule has 3 N–H and O–H groups in total. The molecule has 1 aromatic rings. The Morgan fingerprint density at radius 3 is 2.62 bits per heavy atom. The second-order valence-corrected chi connectivity index (χ2v) is 5.33. The molecule has 0 radical (unpaired) electrons. The third kappa shape index (κ3) is 5.24. The van der Waals surface area contributed by atoms with Crippen LogP contribution in [0.1, 0.15) is 24.2 Å². The zero-order chi connectivity index (χ0) is 16.0. The standard InChI is InChI=1S/C14H20ClN3O3/c1-9(2)18(3)8-7-16-14(21)17-11-6-4-5-10(15)12(11)13(19)20/h4-6,9H,7-8H2,1-3H3,(H,19,20)(H2,16,17,21). The maximum absolute atomic E-state index is 11.8. The van der Waals surface area contributed by atoms with Crippen LogP contribution in [0.5, 0.6) is 0 Å². The van der Waals surface area contributed by atoms with E-state index in [9.17, 15) is 9.59 Å². The summed E-state index contributed by atoms with van der Waals surface area (Å²) in [7, 11) is 1.96. The molecule has 6 nitrogen and oxygen atoms in total. The van der Waals surface area contributed by atoms with Gasteiger partial charge in [0.2, 0.25) is 0 Å². The fraction of sp³-hybridized carbons (Fsp3) is 0.429. The molecule has 0 atom stereocenters. The molecule has 0 unspecified atom stereocenters. The van der Waals surface area contributed by atoms with Gasteiger partial charge in [-0.3, -0.25) is 0 Å². The van der Waals surface area contributed by atoms with Crippen molar-refractivity contribution in [3.05, 3.63) is 28.8 Å². The lowest BCUT2D eigenvalue weighted by molar-refractivity contribution is 0.0698. The Bertz CT molecular complexity index is 520. The van der Waals surface area contributed by atoms with Crippen LogP contribution < -0.4 is 10.6 Å². The molecular formula is C14H20ClN3O3. The topological polar surface area (TPSA) is 81.7 Å². The zero-order valence-corrected chi connectivity index (χ0v) is 13.1. The summed E-state index contributed by atoms with van der Waals surface area (Å²) in [6.45, 7) is 5.28. The van der Waals surface area contributed by atoms with Crippen molar-refractivity contribution in [1.29, 1.82) is 0 Å². The first-order valence-corrected chi connectivity index (χ1v) is 6.97. The Morgan fingerprint density at radius 2 is 2.05 bits per heavy atom. The number of rotatable bonds is 6. The minimum Gasteiger partial charge on any atom is -0.478 e. The molecule has 0 bridgehead atoms. The molecule has 0 spiro atoms. The molecule has 1 aromatic carbocycles. The number of urea groups is 1. The summed E-state index contributed by atoms with van der Waals surface area (Å²) in [5, 5.41) is 14.4. The van der Waals surface area contributed by atoms with Crippen molar-refractivity contribution in [3.63, 3.8) is 0 Å². The summed E-state index contributed by atoms with van der Waals surface area (Å²) >= 11 is 5.83. The highest BCUT2D eigenvalue weighted by molar-refractivity contribution is 6.34. The molecule has 7 heteroatoms. The minimum atomic E-state index is -1.18. The number of aromatic carboxylic acids is 1. The van der Waals surface area contributed by atoms with Gasteiger partial charge in [-0.25, -0.2) is 9.59 Å². The van der Waals surface area contributed by atoms with E-state index in [2.05, 4.69) is 29.4 Å². The van der Waals surface area contributed by atoms with E-state index in [1.54, 1.807) is 6.07 Å². The van der Waals surface area contributed by atoms with Crippen LogP contribution in [0.3, 0.4) is 0 Å². The molecule has 0 aliphatic rings. The van der Waals surface area contributed by atoms with Crippen LogP contribution in [0, 0.1) is 0 Å². The second-order valence-electron chi connectivity index (χ2n) is 4.92. The lowest BCUT2D eigenvalue weighted by Gasteiger charge is -2.21. The smallest absolute Gasteiger partial charge is 0.339 e. The van der Waals surface area contributed by atoms with E-state index in [0.717, 1.165) is 0 Å². The number of amides is 2. The minimum absolute atomic E-state index is 0.0832. The van der Waals surface area contributed by atoms with Gasteiger partial charge in [0.05, 0.1) is 10.7 Å². The van der Waals surface area contributed by atoms with E-state index >= 15 is 0 Å². The van der Waals surface area contributed by atoms with Crippen molar-refractivity contribution in [2.75, 3.05) is 25.5 Å². The molecule has 21 heavy (non-hydrogen) atoms. The summed E-state index contributed by atoms with van der Waals surface area (Å²) in [4.78, 5) is 25.0. The van der Waals surface area contributed by atoms with Gasteiger partial charge in [-0.15, -0.1) is 0 Å². The molecule has 1 rings (SSSR count). The Morgan fingerprint density at radius 1 is 1.38 bits per heavy atom. The predicted octanol–water partition coefficient (Wildman–Crippen LogP) is 2.50. The molecule has 0 aliphatic heterocycles. The normalized spacial score (nSPS) is 10.8. The van der Waals surface area contributed by atoms with Crippen LogP contribution in [0.4, 0.5) is 10.5 Å². The van der Waals surface area contributed by atoms with Gasteiger partial charge in [0.15, 0.2) is 0 Å². The van der Waals surface area contributed by atoms with Crippen molar-refractivity contribution in [2.24, 2.45) is 0 Å². The second kappa shape index (κ2) is 7.85. The van der Waals surface area contributed by atoms with Gasteiger partial charge in [-0.05, 0) is 33.0 Å². The Balaban J connectivity index is 2.60. The molecule has 0 aromatic heterocycles. The highest BCUT2D eigenvalue weighted by Crippen LogP contribution is 2.24. The van der Waals surface area contributed by atoms with E-state index in [0.29, 0.717) is 19.1 Å². The molecule has 0 saturated heterocycles. The highest BCUT2D eigenvalue weighted by atomic mass is 35.5. The molecule has 0 saturated carbocycles. The number of nitrogens with one attached hydrogen (secondary N) is 2. The number of hydrogen-bond donors (Lipinski definition) is 3. The largest absolute Gasteiger partial charge is 0.478 e. The van der Waals surface area contributed by atoms with Crippen molar-refractivity contribution < 1.29 is 14.7 Å². The molecule has 0 aliphatic carbocycles. The number of anilines is 1. The first-order valence-electron chi connectivity index (χ1n) is 6.59. The molecule has 2 amide bonds. The predicted molar refractivity (Wildman–Crippen MR) is 83.2 cm³/mol. The maximum Gasteiger partial charge on any atom is 0.339 e. The number of nitrogens with zero attached hydrogens (tertiary/aromatic N) is 1. The van der Waals surface area contributed by atoms with Gasteiger partial charge >= 0.3 is 12.0 Å². The first kappa shape index (κ1) is 17.3. The SMILES string of the molecule is CC(C)N(C)CCNC(=O)Nc1cccc(Cl)c1C(=O)O. The number of halogens is 1. The van der Waals surface area contributed by atoms with Crippen LogP contribution in [-0.2, 0) is 0 Å². The van der Waals surface area contributed by atoms with E-state index < -0.39 is 12.0 Å². The summed E-state index contributed by atoms with van der Waals surface area (Å²) in [5.41, 5.74) is 0.0540. The molecule has 0 fully saturated rings. The number of benzene rings is 1. The van der Waals surface area contributed by atoms with Crippen LogP contribution in [0.15, 0.2) is 18.2 Å². The summed E-state index contributed by atoms with van der Waals surface area (Å²) < 4.78 is 0. The summed E-state index contributed by atoms with van der Waals surface area (Å²) in [6.07, 6.45) is 0. The third-order valence-corrected chi connectivity index (χ3v) is 3.42. The molecular weight excluding hydrogens is 294 g/mol. The van der Waals surface area contributed by atoms with Crippen molar-refractivity contribution in [2.45, 2.75) is 19.9 Å². The van der Waals surface area contributed by atoms with Crippen LogP contribution in [0.2, 0.25) is 5.02 Å². The fourth-order valence-corrected chi connectivity index (χ4v) is 1.87. The summed E-state index contributed by atoms with van der Waals surface area (Å²) in [6, 6.07) is 4.47. The van der Waals surface area contributed by atoms with Gasteiger partial charge in [-0.2, -0.15) is 0 Å². The van der Waals surface area contributed by atoms with Crippen LogP contribution in [0.25, 0.3) is 0 Å². The van der Waals surface area contributed by atoms with Crippen LogP contribution >= 0.6 is 11.6 Å². The lowest BCUT2D eigenvalue weighted by atomic mass is 10.2. The number of carbonyl (C=O) groups is 2. The number of carboxylic acid groups (broad SMARTS) is 1. The van der Waals surface area contributed by atoms with E-state index in [1.165, 1.54) is 12.1 Å². The Labute approximate surface area is 129 Å². The number of likely N-dealkylation sites (N-methyl/N-ethyl adjacent to an activating group) is 1. The Kier molecular flexibility index (Phi) is 6.45. The third-order valence-electron chi connectivity index (χ3n) is 3.11. The van der Waals surface area contributed by atoms with Gasteiger partial charge in [0, 0.05) is 19.1 Å². The van der Waals surface area contributed by atoms with E-state index in [4.69, 9.17) is 16.7 Å². The van der Waals surface area contributed by atoms with E-state index in [-0.39, 0.29) is 16.3 Å². The first-order chi connectivity index (χ1) is 9.82. The van der Waals surface area contributed by atoms with Gasteiger partial charge in [0.25, 0.3) is 0 Å². The quantitative estimate of drug-likeness (QED) is 0.753. The average Bonchev–Trinajstić information content (AvgIpc) is 2.37. The van der Waals surface area contributed by atoms with Gasteiger partial charge in [0.1, 0.15) is 5.56 Å².